The summed E-state index contributed by atoms with van der Waals surface area (Å²) in [6.07, 6.45) is 0. The monoisotopic (exact) mass is 386 g/mol. The molecule has 0 aromatic heterocycles. The number of methoxy groups -OCH3 is 1. The van der Waals surface area contributed by atoms with Crippen LogP contribution in [0.5, 0.6) is 0 Å². The molecule has 2 aromatic rings. The van der Waals surface area contributed by atoms with E-state index in [0.717, 1.165) is 22.2 Å². The lowest BCUT2D eigenvalue weighted by molar-refractivity contribution is 0.00578. The fourth-order valence-corrected chi connectivity index (χ4v) is 3.30. The van der Waals surface area contributed by atoms with Crippen LogP contribution >= 0.6 is 11.6 Å². The summed E-state index contributed by atoms with van der Waals surface area (Å²) in [6, 6.07) is 11.3. The van der Waals surface area contributed by atoms with Gasteiger partial charge in [0.1, 0.15) is 0 Å². The molecule has 3 rings (SSSR count). The molecule has 1 heterocycles. The molecule has 0 unspecified atom stereocenters. The van der Waals surface area contributed by atoms with Crippen LogP contribution in [0.4, 0.5) is 0 Å². The third kappa shape index (κ3) is 3.64. The molecule has 2 aromatic carbocycles. The first-order valence-electron chi connectivity index (χ1n) is 8.90. The summed E-state index contributed by atoms with van der Waals surface area (Å²) >= 11 is 6.45. The van der Waals surface area contributed by atoms with E-state index in [4.69, 9.17) is 25.6 Å². The van der Waals surface area contributed by atoms with Crippen molar-refractivity contribution in [3.63, 3.8) is 0 Å². The van der Waals surface area contributed by atoms with Gasteiger partial charge in [0.15, 0.2) is 0 Å². The molecule has 0 aliphatic carbocycles. The Bertz CT molecular complexity index is 876. The first kappa shape index (κ1) is 19.9. The fraction of sp³-hybridized carbons (Fsp3) is 0.381. The van der Waals surface area contributed by atoms with Crippen LogP contribution < -0.4 is 5.46 Å². The van der Waals surface area contributed by atoms with Crippen LogP contribution in [0.25, 0.3) is 11.1 Å². The molecule has 1 aliphatic rings. The summed E-state index contributed by atoms with van der Waals surface area (Å²) in [6.45, 7) is 10.0. The second kappa shape index (κ2) is 6.97. The second-order valence-corrected chi connectivity index (χ2v) is 8.25. The van der Waals surface area contributed by atoms with Gasteiger partial charge in [-0.3, -0.25) is 0 Å². The minimum Gasteiger partial charge on any atom is -0.465 e. The SMILES string of the molecule is COC(=O)c1ccc(-c2ccc(Cl)c(B3OC(C)(C)C(C)(C)O3)c2)c(C)c1. The van der Waals surface area contributed by atoms with Crippen LogP contribution in [0.15, 0.2) is 36.4 Å². The zero-order valence-corrected chi connectivity index (χ0v) is 17.3. The molecule has 1 aliphatic heterocycles. The Labute approximate surface area is 165 Å². The third-order valence-corrected chi connectivity index (χ3v) is 5.81. The van der Waals surface area contributed by atoms with Crippen molar-refractivity contribution >= 4 is 30.2 Å². The first-order chi connectivity index (χ1) is 12.6. The van der Waals surface area contributed by atoms with E-state index in [2.05, 4.69) is 0 Å². The van der Waals surface area contributed by atoms with Gasteiger partial charge in [-0.05, 0) is 69.5 Å². The molecule has 0 N–H and O–H groups in total. The highest BCUT2D eigenvalue weighted by Crippen LogP contribution is 2.37. The number of halogens is 1. The van der Waals surface area contributed by atoms with Crippen molar-refractivity contribution in [2.45, 2.75) is 45.8 Å². The summed E-state index contributed by atoms with van der Waals surface area (Å²) in [7, 11) is 0.846. The largest absolute Gasteiger partial charge is 0.496 e. The molecular formula is C21H24BClO4. The van der Waals surface area contributed by atoms with Crippen molar-refractivity contribution < 1.29 is 18.8 Å². The number of ether oxygens (including phenoxy) is 1. The molecule has 1 saturated heterocycles. The number of carbonyl (C=O) groups excluding carboxylic acids is 1. The summed E-state index contributed by atoms with van der Waals surface area (Å²) < 4.78 is 17.1. The molecule has 0 atom stereocenters. The van der Waals surface area contributed by atoms with E-state index in [1.807, 2.05) is 65.0 Å². The van der Waals surface area contributed by atoms with E-state index >= 15 is 0 Å². The fourth-order valence-electron chi connectivity index (χ4n) is 3.09. The van der Waals surface area contributed by atoms with Gasteiger partial charge in [0.05, 0.1) is 23.9 Å². The van der Waals surface area contributed by atoms with E-state index in [1.165, 1.54) is 7.11 Å². The van der Waals surface area contributed by atoms with Gasteiger partial charge in [-0.1, -0.05) is 29.8 Å². The Morgan fingerprint density at radius 1 is 1.04 bits per heavy atom. The van der Waals surface area contributed by atoms with Gasteiger partial charge in [0, 0.05) is 10.5 Å². The molecule has 27 heavy (non-hydrogen) atoms. The van der Waals surface area contributed by atoms with E-state index < -0.39 is 18.3 Å². The predicted molar refractivity (Wildman–Crippen MR) is 109 cm³/mol. The molecule has 0 spiro atoms. The third-order valence-electron chi connectivity index (χ3n) is 5.46. The van der Waals surface area contributed by atoms with E-state index in [9.17, 15) is 4.79 Å². The summed E-state index contributed by atoms with van der Waals surface area (Å²) in [5.74, 6) is -0.348. The van der Waals surface area contributed by atoms with Crippen molar-refractivity contribution in [3.8, 4) is 11.1 Å². The minimum absolute atomic E-state index is 0.348. The smallest absolute Gasteiger partial charge is 0.465 e. The quantitative estimate of drug-likeness (QED) is 0.579. The molecular weight excluding hydrogens is 362 g/mol. The zero-order valence-electron chi connectivity index (χ0n) is 16.6. The maximum atomic E-state index is 11.7. The van der Waals surface area contributed by atoms with Crippen molar-refractivity contribution in [2.75, 3.05) is 7.11 Å². The maximum Gasteiger partial charge on any atom is 0.496 e. The average Bonchev–Trinajstić information content (AvgIpc) is 2.82. The lowest BCUT2D eigenvalue weighted by Crippen LogP contribution is -2.41. The molecule has 4 nitrogen and oxygen atoms in total. The Morgan fingerprint density at radius 3 is 2.22 bits per heavy atom. The van der Waals surface area contributed by atoms with E-state index in [-0.39, 0.29) is 5.97 Å². The summed E-state index contributed by atoms with van der Waals surface area (Å²) in [4.78, 5) is 11.7. The first-order valence-corrected chi connectivity index (χ1v) is 9.28. The Kier molecular flexibility index (Phi) is 5.15. The highest BCUT2D eigenvalue weighted by atomic mass is 35.5. The van der Waals surface area contributed by atoms with Crippen molar-refractivity contribution in [1.82, 2.24) is 0 Å². The summed E-state index contributed by atoms with van der Waals surface area (Å²) in [5.41, 5.74) is 3.42. The van der Waals surface area contributed by atoms with Crippen LogP contribution in [0.3, 0.4) is 0 Å². The number of carbonyl (C=O) groups is 1. The van der Waals surface area contributed by atoms with Gasteiger partial charge < -0.3 is 14.0 Å². The molecule has 0 saturated carbocycles. The zero-order chi connectivity index (χ0) is 20.0. The second-order valence-electron chi connectivity index (χ2n) is 7.85. The average molecular weight is 387 g/mol. The molecule has 1 fully saturated rings. The predicted octanol–water partition coefficient (Wildman–Crippen LogP) is 4.40. The van der Waals surface area contributed by atoms with Crippen molar-refractivity contribution in [3.05, 3.63) is 52.5 Å². The van der Waals surface area contributed by atoms with Crippen LogP contribution in [0.2, 0.25) is 5.02 Å². The number of hydrogen-bond acceptors (Lipinski definition) is 4. The van der Waals surface area contributed by atoms with Crippen LogP contribution in [-0.2, 0) is 14.0 Å². The normalized spacial score (nSPS) is 17.8. The number of esters is 1. The Hall–Kier alpha value is -1.82. The standard InChI is InChI=1S/C21H24BClO4/c1-13-11-15(19(24)25-6)7-9-16(13)14-8-10-18(23)17(12-14)22-26-20(2,3)21(4,5)27-22/h7-12H,1-6H3. The molecule has 6 heteroatoms. The van der Waals surface area contributed by atoms with Gasteiger partial charge in [0.25, 0.3) is 0 Å². The molecule has 0 radical (unpaired) electrons. The molecule has 0 amide bonds. The number of hydrogen-bond donors (Lipinski definition) is 0. The highest BCUT2D eigenvalue weighted by molar-refractivity contribution is 6.65. The lowest BCUT2D eigenvalue weighted by Gasteiger charge is -2.32. The Balaban J connectivity index is 1.99. The van der Waals surface area contributed by atoms with Gasteiger partial charge >= 0.3 is 13.1 Å². The van der Waals surface area contributed by atoms with Crippen LogP contribution in [0.1, 0.15) is 43.6 Å². The summed E-state index contributed by atoms with van der Waals surface area (Å²) in [5, 5.41) is 0.598. The van der Waals surface area contributed by atoms with Crippen molar-refractivity contribution in [2.24, 2.45) is 0 Å². The van der Waals surface area contributed by atoms with Gasteiger partial charge in [-0.15, -0.1) is 0 Å². The van der Waals surface area contributed by atoms with Crippen molar-refractivity contribution in [1.29, 1.82) is 0 Å². The molecule has 0 bridgehead atoms. The Morgan fingerprint density at radius 2 is 1.67 bits per heavy atom. The lowest BCUT2D eigenvalue weighted by atomic mass is 9.77. The van der Waals surface area contributed by atoms with E-state index in [1.54, 1.807) is 6.07 Å². The highest BCUT2D eigenvalue weighted by Gasteiger charge is 2.52. The van der Waals surface area contributed by atoms with Gasteiger partial charge in [-0.2, -0.15) is 0 Å². The van der Waals surface area contributed by atoms with E-state index in [0.29, 0.717) is 10.6 Å². The molecule has 142 valence electrons. The van der Waals surface area contributed by atoms with Crippen LogP contribution in [-0.4, -0.2) is 31.4 Å². The number of benzene rings is 2. The van der Waals surface area contributed by atoms with Crippen LogP contribution in [0, 0.1) is 6.92 Å². The number of aryl methyl sites for hydroxylation is 1. The van der Waals surface area contributed by atoms with Gasteiger partial charge in [-0.25, -0.2) is 4.79 Å². The van der Waals surface area contributed by atoms with Gasteiger partial charge in [0.2, 0.25) is 0 Å². The maximum absolute atomic E-state index is 11.7. The topological polar surface area (TPSA) is 44.8 Å². The number of rotatable bonds is 3. The minimum atomic E-state index is -0.530.